The average molecular weight is 260 g/mol. The first-order chi connectivity index (χ1) is 9.20. The fraction of sp³-hybridized carbons (Fsp3) is 0.562. The number of benzene rings is 1. The SMILES string of the molecule is CCc1ccc(C(C)NC(=O)[C@H]2CCCCN2)cc1. The van der Waals surface area contributed by atoms with E-state index in [1.807, 2.05) is 6.92 Å². The highest BCUT2D eigenvalue weighted by molar-refractivity contribution is 5.82. The summed E-state index contributed by atoms with van der Waals surface area (Å²) in [5.41, 5.74) is 2.50. The fourth-order valence-corrected chi connectivity index (χ4v) is 2.51. The van der Waals surface area contributed by atoms with E-state index in [1.165, 1.54) is 17.5 Å². The molecule has 1 amide bonds. The van der Waals surface area contributed by atoms with E-state index in [-0.39, 0.29) is 18.0 Å². The zero-order valence-corrected chi connectivity index (χ0v) is 11.9. The molecule has 2 rings (SSSR count). The predicted octanol–water partition coefficient (Wildman–Crippen LogP) is 2.57. The Hall–Kier alpha value is -1.35. The van der Waals surface area contributed by atoms with Gasteiger partial charge in [-0.25, -0.2) is 0 Å². The van der Waals surface area contributed by atoms with E-state index in [0.29, 0.717) is 0 Å². The van der Waals surface area contributed by atoms with Crippen LogP contribution >= 0.6 is 0 Å². The van der Waals surface area contributed by atoms with E-state index < -0.39 is 0 Å². The van der Waals surface area contributed by atoms with Crippen LogP contribution in [0, 0.1) is 0 Å². The molecule has 2 N–H and O–H groups in total. The van der Waals surface area contributed by atoms with Crippen LogP contribution in [0.4, 0.5) is 0 Å². The average Bonchev–Trinajstić information content (AvgIpc) is 2.48. The summed E-state index contributed by atoms with van der Waals surface area (Å²) < 4.78 is 0. The van der Waals surface area contributed by atoms with Crippen LogP contribution < -0.4 is 10.6 Å². The fourth-order valence-electron chi connectivity index (χ4n) is 2.51. The number of rotatable bonds is 4. The molecule has 0 aliphatic carbocycles. The molecule has 1 fully saturated rings. The zero-order chi connectivity index (χ0) is 13.7. The molecule has 1 aliphatic heterocycles. The summed E-state index contributed by atoms with van der Waals surface area (Å²) in [6.45, 7) is 5.15. The van der Waals surface area contributed by atoms with Crippen LogP contribution in [0.25, 0.3) is 0 Å². The summed E-state index contributed by atoms with van der Waals surface area (Å²) in [7, 11) is 0. The van der Waals surface area contributed by atoms with E-state index in [0.717, 1.165) is 25.8 Å². The maximum absolute atomic E-state index is 12.1. The molecular formula is C16H24N2O. The van der Waals surface area contributed by atoms with Gasteiger partial charge in [0.25, 0.3) is 0 Å². The van der Waals surface area contributed by atoms with Gasteiger partial charge >= 0.3 is 0 Å². The Bertz CT molecular complexity index is 407. The summed E-state index contributed by atoms with van der Waals surface area (Å²) in [5.74, 6) is 0.131. The number of piperidine rings is 1. The molecule has 2 atom stereocenters. The normalized spacial score (nSPS) is 20.8. The van der Waals surface area contributed by atoms with Gasteiger partial charge in [-0.3, -0.25) is 4.79 Å². The molecule has 0 radical (unpaired) electrons. The first-order valence-electron chi connectivity index (χ1n) is 7.33. The molecule has 1 saturated heterocycles. The van der Waals surface area contributed by atoms with Gasteiger partial charge < -0.3 is 10.6 Å². The van der Waals surface area contributed by atoms with Crippen LogP contribution in [0.5, 0.6) is 0 Å². The molecule has 1 aromatic carbocycles. The van der Waals surface area contributed by atoms with Crippen molar-refractivity contribution in [1.29, 1.82) is 0 Å². The van der Waals surface area contributed by atoms with E-state index >= 15 is 0 Å². The van der Waals surface area contributed by atoms with Crippen molar-refractivity contribution in [3.05, 3.63) is 35.4 Å². The van der Waals surface area contributed by atoms with Gasteiger partial charge in [0.15, 0.2) is 0 Å². The lowest BCUT2D eigenvalue weighted by atomic mass is 10.0. The first-order valence-corrected chi connectivity index (χ1v) is 7.33. The Morgan fingerprint density at radius 3 is 2.68 bits per heavy atom. The summed E-state index contributed by atoms with van der Waals surface area (Å²) in [5, 5.41) is 6.38. The number of nitrogens with one attached hydrogen (secondary N) is 2. The lowest BCUT2D eigenvalue weighted by Crippen LogP contribution is -2.47. The van der Waals surface area contributed by atoms with Gasteiger partial charge in [0.05, 0.1) is 12.1 Å². The molecule has 1 heterocycles. The van der Waals surface area contributed by atoms with Gasteiger partial charge in [-0.1, -0.05) is 37.6 Å². The number of amides is 1. The zero-order valence-electron chi connectivity index (χ0n) is 11.9. The molecule has 1 aromatic rings. The van der Waals surface area contributed by atoms with Crippen LogP contribution in [0.1, 0.15) is 50.3 Å². The minimum atomic E-state index is -0.00823. The predicted molar refractivity (Wildman–Crippen MR) is 78.0 cm³/mol. The van der Waals surface area contributed by atoms with Crippen molar-refractivity contribution in [2.75, 3.05) is 6.54 Å². The molecule has 0 aromatic heterocycles. The third kappa shape index (κ3) is 3.80. The van der Waals surface area contributed by atoms with Crippen LogP contribution in [0.3, 0.4) is 0 Å². The van der Waals surface area contributed by atoms with Gasteiger partial charge in [0, 0.05) is 0 Å². The summed E-state index contributed by atoms with van der Waals surface area (Å²) in [4.78, 5) is 12.1. The number of carbonyl (C=O) groups is 1. The molecule has 1 aliphatic rings. The van der Waals surface area contributed by atoms with Crippen molar-refractivity contribution in [3.8, 4) is 0 Å². The minimum Gasteiger partial charge on any atom is -0.348 e. The Morgan fingerprint density at radius 2 is 2.11 bits per heavy atom. The second-order valence-corrected chi connectivity index (χ2v) is 5.33. The van der Waals surface area contributed by atoms with Crippen molar-refractivity contribution < 1.29 is 4.79 Å². The van der Waals surface area contributed by atoms with Crippen LogP contribution in [-0.2, 0) is 11.2 Å². The van der Waals surface area contributed by atoms with Gasteiger partial charge in [0.1, 0.15) is 0 Å². The second-order valence-electron chi connectivity index (χ2n) is 5.33. The maximum Gasteiger partial charge on any atom is 0.237 e. The lowest BCUT2D eigenvalue weighted by Gasteiger charge is -2.24. The van der Waals surface area contributed by atoms with E-state index in [1.54, 1.807) is 0 Å². The molecule has 19 heavy (non-hydrogen) atoms. The standard InChI is InChI=1S/C16H24N2O/c1-3-13-7-9-14(10-8-13)12(2)18-16(19)15-6-4-5-11-17-15/h7-10,12,15,17H,3-6,11H2,1-2H3,(H,18,19)/t12?,15-/m1/s1. The Labute approximate surface area is 115 Å². The highest BCUT2D eigenvalue weighted by Gasteiger charge is 2.21. The summed E-state index contributed by atoms with van der Waals surface area (Å²) in [6, 6.07) is 8.55. The number of carbonyl (C=O) groups excluding carboxylic acids is 1. The second kappa shape index (κ2) is 6.71. The third-order valence-electron chi connectivity index (χ3n) is 3.87. The minimum absolute atomic E-state index is 0.00823. The molecule has 1 unspecified atom stereocenters. The van der Waals surface area contributed by atoms with Crippen molar-refractivity contribution in [3.63, 3.8) is 0 Å². The van der Waals surface area contributed by atoms with Crippen molar-refractivity contribution in [1.82, 2.24) is 10.6 Å². The highest BCUT2D eigenvalue weighted by atomic mass is 16.2. The van der Waals surface area contributed by atoms with E-state index in [2.05, 4.69) is 41.8 Å². The molecule has 3 heteroatoms. The van der Waals surface area contributed by atoms with Gasteiger partial charge in [-0.2, -0.15) is 0 Å². The number of hydrogen-bond acceptors (Lipinski definition) is 2. The van der Waals surface area contributed by atoms with E-state index in [9.17, 15) is 4.79 Å². The Kier molecular flexibility index (Phi) is 4.97. The Morgan fingerprint density at radius 1 is 1.37 bits per heavy atom. The third-order valence-corrected chi connectivity index (χ3v) is 3.87. The topological polar surface area (TPSA) is 41.1 Å². The Balaban J connectivity index is 1.91. The summed E-state index contributed by atoms with van der Waals surface area (Å²) >= 11 is 0. The van der Waals surface area contributed by atoms with Gasteiger partial charge in [0.2, 0.25) is 5.91 Å². The van der Waals surface area contributed by atoms with Gasteiger partial charge in [-0.05, 0) is 43.9 Å². The maximum atomic E-state index is 12.1. The van der Waals surface area contributed by atoms with E-state index in [4.69, 9.17) is 0 Å². The van der Waals surface area contributed by atoms with Crippen molar-refractivity contribution in [2.45, 2.75) is 51.6 Å². The van der Waals surface area contributed by atoms with Crippen LogP contribution in [-0.4, -0.2) is 18.5 Å². The van der Waals surface area contributed by atoms with Gasteiger partial charge in [-0.15, -0.1) is 0 Å². The summed E-state index contributed by atoms with van der Waals surface area (Å²) in [6.07, 6.45) is 4.32. The molecule has 0 bridgehead atoms. The number of aryl methyl sites for hydroxylation is 1. The smallest absolute Gasteiger partial charge is 0.237 e. The molecule has 0 spiro atoms. The quantitative estimate of drug-likeness (QED) is 0.873. The molecule has 3 nitrogen and oxygen atoms in total. The monoisotopic (exact) mass is 260 g/mol. The van der Waals surface area contributed by atoms with Crippen molar-refractivity contribution >= 4 is 5.91 Å². The molecular weight excluding hydrogens is 236 g/mol. The molecule has 104 valence electrons. The van der Waals surface area contributed by atoms with Crippen molar-refractivity contribution in [2.24, 2.45) is 0 Å². The largest absolute Gasteiger partial charge is 0.348 e. The van der Waals surface area contributed by atoms with Crippen LogP contribution in [0.15, 0.2) is 24.3 Å². The van der Waals surface area contributed by atoms with Crippen LogP contribution in [0.2, 0.25) is 0 Å². The molecule has 0 saturated carbocycles. The highest BCUT2D eigenvalue weighted by Crippen LogP contribution is 2.15. The lowest BCUT2D eigenvalue weighted by molar-refractivity contribution is -0.124. The first kappa shape index (κ1) is 14.1. The number of hydrogen-bond donors (Lipinski definition) is 2.